The fourth-order valence-corrected chi connectivity index (χ4v) is 3.40. The number of amides is 1. The Morgan fingerprint density at radius 1 is 1.12 bits per heavy atom. The molecular formula is C22H27NO3. The number of nitrogens with one attached hydrogen (secondary N) is 1. The van der Waals surface area contributed by atoms with E-state index in [1.165, 1.54) is 24.0 Å². The molecule has 4 nitrogen and oxygen atoms in total. The third kappa shape index (κ3) is 4.18. The lowest BCUT2D eigenvalue weighted by molar-refractivity contribution is -0.122. The fraction of sp³-hybridized carbons (Fsp3) is 0.409. The van der Waals surface area contributed by atoms with E-state index in [4.69, 9.17) is 9.47 Å². The largest absolute Gasteiger partial charge is 0.495 e. The zero-order chi connectivity index (χ0) is 18.5. The van der Waals surface area contributed by atoms with Gasteiger partial charge in [0.25, 0.3) is 5.91 Å². The molecule has 0 radical (unpaired) electrons. The molecule has 1 aliphatic carbocycles. The maximum Gasteiger partial charge on any atom is 0.265 e. The van der Waals surface area contributed by atoms with E-state index in [1.54, 1.807) is 7.11 Å². The normalized spacial score (nSPS) is 14.3. The highest BCUT2D eigenvalue weighted by Crippen LogP contribution is 2.28. The van der Waals surface area contributed by atoms with Gasteiger partial charge in [-0.15, -0.1) is 0 Å². The van der Waals surface area contributed by atoms with Crippen LogP contribution in [0.3, 0.4) is 0 Å². The number of fused-ring (bicyclic) bond motifs is 1. The van der Waals surface area contributed by atoms with Crippen molar-refractivity contribution in [2.75, 3.05) is 12.4 Å². The second kappa shape index (κ2) is 8.26. The summed E-state index contributed by atoms with van der Waals surface area (Å²) in [5, 5.41) is 2.95. The van der Waals surface area contributed by atoms with E-state index in [0.717, 1.165) is 24.2 Å². The van der Waals surface area contributed by atoms with Crippen LogP contribution in [-0.4, -0.2) is 19.1 Å². The van der Waals surface area contributed by atoms with Gasteiger partial charge >= 0.3 is 0 Å². The summed E-state index contributed by atoms with van der Waals surface area (Å²) >= 11 is 0. The van der Waals surface area contributed by atoms with Gasteiger partial charge in [-0.3, -0.25) is 4.79 Å². The number of hydrogen-bond donors (Lipinski definition) is 1. The molecule has 0 bridgehead atoms. The van der Waals surface area contributed by atoms with Crippen molar-refractivity contribution in [3.63, 3.8) is 0 Å². The third-order valence-corrected chi connectivity index (χ3v) is 4.87. The molecule has 1 amide bonds. The van der Waals surface area contributed by atoms with Crippen LogP contribution in [0.2, 0.25) is 0 Å². The van der Waals surface area contributed by atoms with Crippen molar-refractivity contribution in [1.29, 1.82) is 0 Å². The average molecular weight is 353 g/mol. The van der Waals surface area contributed by atoms with E-state index in [1.807, 2.05) is 38.1 Å². The van der Waals surface area contributed by atoms with Crippen molar-refractivity contribution in [1.82, 2.24) is 0 Å². The SMILES string of the molecule is CC[C@@H](Oc1ccc2c(c1)CCCC2)C(=O)Nc1cc(C)ccc1OC. The molecule has 1 atom stereocenters. The van der Waals surface area contributed by atoms with Crippen LogP contribution in [-0.2, 0) is 17.6 Å². The second-order valence-corrected chi connectivity index (χ2v) is 6.85. The molecule has 138 valence electrons. The zero-order valence-electron chi connectivity index (χ0n) is 15.8. The summed E-state index contributed by atoms with van der Waals surface area (Å²) in [4.78, 5) is 12.7. The van der Waals surface area contributed by atoms with Gasteiger partial charge in [-0.2, -0.15) is 0 Å². The van der Waals surface area contributed by atoms with Gasteiger partial charge in [0.1, 0.15) is 11.5 Å². The number of hydrogen-bond acceptors (Lipinski definition) is 3. The minimum Gasteiger partial charge on any atom is -0.495 e. The Labute approximate surface area is 155 Å². The summed E-state index contributed by atoms with van der Waals surface area (Å²) in [6.45, 7) is 3.94. The van der Waals surface area contributed by atoms with Crippen LogP contribution in [0.4, 0.5) is 5.69 Å². The van der Waals surface area contributed by atoms with Crippen molar-refractivity contribution >= 4 is 11.6 Å². The van der Waals surface area contributed by atoms with Gasteiger partial charge in [0, 0.05) is 0 Å². The number of ether oxygens (including phenoxy) is 2. The molecule has 0 saturated heterocycles. The number of methoxy groups -OCH3 is 1. The van der Waals surface area contributed by atoms with Gasteiger partial charge in [-0.25, -0.2) is 0 Å². The molecular weight excluding hydrogens is 326 g/mol. The molecule has 0 aromatic heterocycles. The lowest BCUT2D eigenvalue weighted by Gasteiger charge is -2.21. The Hall–Kier alpha value is -2.49. The second-order valence-electron chi connectivity index (χ2n) is 6.85. The molecule has 2 aromatic carbocycles. The zero-order valence-corrected chi connectivity index (χ0v) is 15.8. The van der Waals surface area contributed by atoms with Crippen LogP contribution in [0.25, 0.3) is 0 Å². The molecule has 26 heavy (non-hydrogen) atoms. The Bertz CT molecular complexity index is 785. The minimum atomic E-state index is -0.540. The molecule has 4 heteroatoms. The van der Waals surface area contributed by atoms with Gasteiger partial charge in [0.15, 0.2) is 6.10 Å². The number of anilines is 1. The van der Waals surface area contributed by atoms with Crippen LogP contribution in [0.15, 0.2) is 36.4 Å². The van der Waals surface area contributed by atoms with E-state index in [2.05, 4.69) is 17.4 Å². The Morgan fingerprint density at radius 2 is 1.88 bits per heavy atom. The molecule has 2 aromatic rings. The van der Waals surface area contributed by atoms with Crippen molar-refractivity contribution in [2.24, 2.45) is 0 Å². The Balaban J connectivity index is 1.72. The van der Waals surface area contributed by atoms with Crippen LogP contribution >= 0.6 is 0 Å². The molecule has 0 aliphatic heterocycles. The summed E-state index contributed by atoms with van der Waals surface area (Å²) in [5.74, 6) is 1.26. The molecule has 0 heterocycles. The topological polar surface area (TPSA) is 47.6 Å². The van der Waals surface area contributed by atoms with Gasteiger partial charge in [-0.05, 0) is 80.0 Å². The number of aryl methyl sites for hydroxylation is 3. The summed E-state index contributed by atoms with van der Waals surface area (Å²) < 4.78 is 11.4. The standard InChI is InChI=1S/C22H27NO3/c1-4-20(22(24)23-19-13-15(2)9-12-21(19)25-3)26-18-11-10-16-7-5-6-8-17(16)14-18/h9-14,20H,4-8H2,1-3H3,(H,23,24)/t20-/m1/s1. The van der Waals surface area contributed by atoms with E-state index in [9.17, 15) is 4.79 Å². The molecule has 3 rings (SSSR count). The molecule has 0 saturated carbocycles. The molecule has 1 aliphatic rings. The van der Waals surface area contributed by atoms with Gasteiger partial charge in [0.05, 0.1) is 12.8 Å². The van der Waals surface area contributed by atoms with Crippen LogP contribution in [0.1, 0.15) is 42.9 Å². The van der Waals surface area contributed by atoms with Gasteiger partial charge in [-0.1, -0.05) is 19.1 Å². The highest BCUT2D eigenvalue weighted by molar-refractivity contribution is 5.95. The van der Waals surface area contributed by atoms with Crippen molar-refractivity contribution in [2.45, 2.75) is 52.1 Å². The monoisotopic (exact) mass is 353 g/mol. The van der Waals surface area contributed by atoms with Crippen LogP contribution in [0, 0.1) is 6.92 Å². The van der Waals surface area contributed by atoms with E-state index < -0.39 is 6.10 Å². The quantitative estimate of drug-likeness (QED) is 0.820. The number of carbonyl (C=O) groups is 1. The van der Waals surface area contributed by atoms with E-state index in [-0.39, 0.29) is 5.91 Å². The lowest BCUT2D eigenvalue weighted by atomic mass is 9.92. The van der Waals surface area contributed by atoms with Gasteiger partial charge in [0.2, 0.25) is 0 Å². The van der Waals surface area contributed by atoms with Crippen molar-refractivity contribution in [3.8, 4) is 11.5 Å². The first-order valence-electron chi connectivity index (χ1n) is 9.34. The summed E-state index contributed by atoms with van der Waals surface area (Å²) in [5.41, 5.74) is 4.49. The predicted molar refractivity (Wildman–Crippen MR) is 104 cm³/mol. The van der Waals surface area contributed by atoms with E-state index in [0.29, 0.717) is 17.9 Å². The number of carbonyl (C=O) groups excluding carboxylic acids is 1. The van der Waals surface area contributed by atoms with Gasteiger partial charge < -0.3 is 14.8 Å². The maximum absolute atomic E-state index is 12.7. The third-order valence-electron chi connectivity index (χ3n) is 4.87. The number of benzene rings is 2. The van der Waals surface area contributed by atoms with Crippen molar-refractivity contribution < 1.29 is 14.3 Å². The Morgan fingerprint density at radius 3 is 2.62 bits per heavy atom. The van der Waals surface area contributed by atoms with Crippen molar-refractivity contribution in [3.05, 3.63) is 53.1 Å². The first-order chi connectivity index (χ1) is 12.6. The number of rotatable bonds is 6. The Kier molecular flexibility index (Phi) is 5.82. The first-order valence-corrected chi connectivity index (χ1v) is 9.34. The highest BCUT2D eigenvalue weighted by Gasteiger charge is 2.21. The summed E-state index contributed by atoms with van der Waals surface area (Å²) in [6.07, 6.45) is 4.77. The summed E-state index contributed by atoms with van der Waals surface area (Å²) in [6, 6.07) is 11.9. The fourth-order valence-electron chi connectivity index (χ4n) is 3.40. The highest BCUT2D eigenvalue weighted by atomic mass is 16.5. The minimum absolute atomic E-state index is 0.158. The maximum atomic E-state index is 12.7. The molecule has 1 N–H and O–H groups in total. The van der Waals surface area contributed by atoms with E-state index >= 15 is 0 Å². The molecule has 0 spiro atoms. The van der Waals surface area contributed by atoms with Crippen LogP contribution in [0.5, 0.6) is 11.5 Å². The lowest BCUT2D eigenvalue weighted by Crippen LogP contribution is -2.32. The smallest absolute Gasteiger partial charge is 0.265 e. The van der Waals surface area contributed by atoms with Crippen LogP contribution < -0.4 is 14.8 Å². The first kappa shape index (κ1) is 18.3. The molecule has 0 unspecified atom stereocenters. The summed E-state index contributed by atoms with van der Waals surface area (Å²) in [7, 11) is 1.60. The predicted octanol–water partition coefficient (Wildman–Crippen LogP) is 4.68. The average Bonchev–Trinajstić information content (AvgIpc) is 2.66. The molecule has 0 fully saturated rings.